The highest BCUT2D eigenvalue weighted by Crippen LogP contribution is 2.57. The summed E-state index contributed by atoms with van der Waals surface area (Å²) in [6, 6.07) is 21.4. The molecule has 0 heterocycles. The van der Waals surface area contributed by atoms with Gasteiger partial charge in [-0.1, -0.05) is 42.8 Å². The van der Waals surface area contributed by atoms with Crippen LogP contribution in [0.15, 0.2) is 60.7 Å². The zero-order chi connectivity index (χ0) is 21.1. The van der Waals surface area contributed by atoms with Crippen LogP contribution in [-0.4, -0.2) is 17.8 Å². The number of benzene rings is 2. The number of rotatable bonds is 5. The summed E-state index contributed by atoms with van der Waals surface area (Å²) in [5.74, 6) is -14.5. The molecule has 2 bridgehead atoms. The van der Waals surface area contributed by atoms with Gasteiger partial charge in [-0.3, -0.25) is 0 Å². The Bertz CT molecular complexity index is 777. The zero-order valence-corrected chi connectivity index (χ0v) is 17.7. The van der Waals surface area contributed by atoms with Crippen LogP contribution in [0.4, 0.5) is 17.6 Å². The van der Waals surface area contributed by atoms with Gasteiger partial charge >= 0.3 is 33.1 Å². The van der Waals surface area contributed by atoms with Gasteiger partial charge in [0.05, 0.1) is 0 Å². The number of carbonyl (C=O) groups is 1. The van der Waals surface area contributed by atoms with Gasteiger partial charge in [0, 0.05) is 5.92 Å². The van der Waals surface area contributed by atoms with Gasteiger partial charge < -0.3 is 9.90 Å². The van der Waals surface area contributed by atoms with Gasteiger partial charge in [0.25, 0.3) is 0 Å². The number of aliphatic carboxylic acids is 1. The largest absolute Gasteiger partial charge is 0.544 e. The molecule has 29 heavy (non-hydrogen) atoms. The molecule has 0 aromatic heterocycles. The minimum atomic E-state index is -5.07. The summed E-state index contributed by atoms with van der Waals surface area (Å²) in [7, 11) is 0. The van der Waals surface area contributed by atoms with E-state index in [1.165, 1.54) is 7.14 Å². The van der Waals surface area contributed by atoms with Crippen LogP contribution in [0.5, 0.6) is 0 Å². The predicted molar refractivity (Wildman–Crippen MR) is 94.1 cm³/mol. The minimum absolute atomic E-state index is 0.000532. The highest BCUT2D eigenvalue weighted by Gasteiger charge is 2.65. The van der Waals surface area contributed by atoms with Crippen molar-refractivity contribution in [2.45, 2.75) is 37.5 Å². The van der Waals surface area contributed by atoms with Gasteiger partial charge in [0.1, 0.15) is 5.97 Å². The Kier molecular flexibility index (Phi) is 6.86. The number of hydrogen-bond donors (Lipinski definition) is 0. The lowest BCUT2D eigenvalue weighted by atomic mass is 9.81. The highest BCUT2D eigenvalue weighted by molar-refractivity contribution is 5.74. The average molecular weight is 520 g/mol. The molecule has 7 heteroatoms. The Morgan fingerprint density at radius 2 is 1.38 bits per heavy atom. The predicted octanol–water partition coefficient (Wildman–Crippen LogP) is 1.26. The second-order valence-electron chi connectivity index (χ2n) is 7.45. The summed E-state index contributed by atoms with van der Waals surface area (Å²) in [4.78, 5) is 10.1. The van der Waals surface area contributed by atoms with Crippen molar-refractivity contribution in [2.75, 3.05) is 0 Å². The van der Waals surface area contributed by atoms with Crippen LogP contribution in [0, 0.1) is 24.9 Å². The SMILES string of the molecule is O=C([O-])C(F)(F)C(F)(F)C1CC2CCC1C2.c1ccc([I+]c2ccccc2)cc1. The maximum Gasteiger partial charge on any atom is 0.357 e. The third-order valence-corrected chi connectivity index (χ3v) is 8.25. The summed E-state index contributed by atoms with van der Waals surface area (Å²) in [5.41, 5.74) is 0. The Labute approximate surface area is 177 Å². The maximum absolute atomic E-state index is 13.4. The van der Waals surface area contributed by atoms with Crippen molar-refractivity contribution in [3.63, 3.8) is 0 Å². The van der Waals surface area contributed by atoms with Crippen LogP contribution in [-0.2, 0) is 4.79 Å². The molecule has 0 saturated heterocycles. The molecule has 2 fully saturated rings. The molecule has 3 atom stereocenters. The average Bonchev–Trinajstić information content (AvgIpc) is 3.34. The van der Waals surface area contributed by atoms with E-state index in [0.29, 0.717) is 12.8 Å². The molecule has 2 aromatic rings. The first-order valence-electron chi connectivity index (χ1n) is 9.44. The molecule has 2 aliphatic rings. The number of carboxylic acid groups (broad SMARTS) is 1. The fraction of sp³-hybridized carbons (Fsp3) is 0.409. The molecule has 0 spiro atoms. The van der Waals surface area contributed by atoms with E-state index in [1.54, 1.807) is 0 Å². The quantitative estimate of drug-likeness (QED) is 0.440. The second kappa shape index (κ2) is 9.02. The van der Waals surface area contributed by atoms with Crippen molar-refractivity contribution < 1.29 is 48.7 Å². The highest BCUT2D eigenvalue weighted by atomic mass is 127. The number of hydrogen-bond acceptors (Lipinski definition) is 2. The zero-order valence-electron chi connectivity index (χ0n) is 15.5. The lowest BCUT2D eigenvalue weighted by Gasteiger charge is -2.35. The Morgan fingerprint density at radius 1 is 0.862 bits per heavy atom. The smallest absolute Gasteiger partial charge is 0.357 e. The van der Waals surface area contributed by atoms with Gasteiger partial charge in [0.2, 0.25) is 0 Å². The van der Waals surface area contributed by atoms with Crippen LogP contribution >= 0.6 is 0 Å². The van der Waals surface area contributed by atoms with E-state index >= 15 is 0 Å². The molecule has 0 N–H and O–H groups in total. The Morgan fingerprint density at radius 3 is 1.76 bits per heavy atom. The molecule has 4 rings (SSSR count). The molecule has 2 nitrogen and oxygen atoms in total. The molecule has 2 aromatic carbocycles. The number of halogens is 5. The normalized spacial score (nSPS) is 23.4. The van der Waals surface area contributed by atoms with Crippen LogP contribution in [0.25, 0.3) is 0 Å². The van der Waals surface area contributed by atoms with Gasteiger partial charge in [-0.25, -0.2) is 0 Å². The van der Waals surface area contributed by atoms with E-state index in [4.69, 9.17) is 0 Å². The van der Waals surface area contributed by atoms with Crippen LogP contribution in [0.1, 0.15) is 25.7 Å². The molecule has 0 radical (unpaired) electrons. The van der Waals surface area contributed by atoms with E-state index in [0.717, 1.165) is 6.42 Å². The summed E-state index contributed by atoms with van der Waals surface area (Å²) in [5, 5.41) is 10.1. The van der Waals surface area contributed by atoms with E-state index in [9.17, 15) is 27.5 Å². The van der Waals surface area contributed by atoms with Gasteiger partial charge in [-0.15, -0.1) is 0 Å². The maximum atomic E-state index is 13.4. The van der Waals surface area contributed by atoms with Crippen LogP contribution in [0.2, 0.25) is 0 Å². The van der Waals surface area contributed by atoms with Gasteiger partial charge in [0.15, 0.2) is 7.14 Å². The van der Waals surface area contributed by atoms with E-state index in [1.807, 2.05) is 0 Å². The molecule has 2 saturated carbocycles. The molecule has 2 aliphatic carbocycles. The van der Waals surface area contributed by atoms with E-state index < -0.39 is 29.7 Å². The molecule has 3 unspecified atom stereocenters. The molecular weight excluding hydrogens is 499 g/mol. The first kappa shape index (κ1) is 22.1. The Balaban J connectivity index is 0.000000169. The summed E-state index contributed by atoms with van der Waals surface area (Å²) in [6.07, 6.45) is 1.80. The fourth-order valence-electron chi connectivity index (χ4n) is 4.14. The van der Waals surface area contributed by atoms with Gasteiger partial charge in [-0.05, 0) is 55.4 Å². The lowest BCUT2D eigenvalue weighted by Crippen LogP contribution is -3.61. The van der Waals surface area contributed by atoms with Crippen molar-refractivity contribution in [1.29, 1.82) is 0 Å². The van der Waals surface area contributed by atoms with E-state index in [-0.39, 0.29) is 33.5 Å². The molecule has 156 valence electrons. The molecule has 0 aliphatic heterocycles. The van der Waals surface area contributed by atoms with Crippen molar-refractivity contribution >= 4 is 5.97 Å². The van der Waals surface area contributed by atoms with Gasteiger partial charge in [-0.2, -0.15) is 17.6 Å². The lowest BCUT2D eigenvalue weighted by molar-refractivity contribution is -0.597. The molecule has 0 amide bonds. The summed E-state index contributed by atoms with van der Waals surface area (Å²) >= 11 is 0.0287. The van der Waals surface area contributed by atoms with Crippen LogP contribution < -0.4 is 26.3 Å². The number of fused-ring (bicyclic) bond motifs is 2. The summed E-state index contributed by atoms with van der Waals surface area (Å²) in [6.45, 7) is 0. The fourth-order valence-corrected chi connectivity index (χ4v) is 6.41. The Hall–Kier alpha value is -1.64. The topological polar surface area (TPSA) is 40.1 Å². The number of carboxylic acids is 1. The number of carbonyl (C=O) groups excluding carboxylic acids is 1. The van der Waals surface area contributed by atoms with Crippen molar-refractivity contribution in [3.05, 3.63) is 67.8 Å². The standard InChI is InChI=1S/C12H10I.C10H12F4O2/c1-3-7-11(8-4-1)13-12-9-5-2-6-10-12;11-9(12,10(13,14)8(15)16)7-4-5-1-2-6(7)3-5/h1-10H;5-7H,1-4H2,(H,15,16)/q+1;/p-1. The first-order chi connectivity index (χ1) is 13.7. The second-order valence-corrected chi connectivity index (χ2v) is 10.5. The third-order valence-electron chi connectivity index (χ3n) is 5.56. The monoisotopic (exact) mass is 520 g/mol. The van der Waals surface area contributed by atoms with E-state index in [2.05, 4.69) is 60.7 Å². The minimum Gasteiger partial charge on any atom is -0.544 e. The number of alkyl halides is 4. The van der Waals surface area contributed by atoms with Crippen molar-refractivity contribution in [1.82, 2.24) is 0 Å². The molecular formula is C22H21F4IO2. The van der Waals surface area contributed by atoms with Crippen molar-refractivity contribution in [3.8, 4) is 0 Å². The van der Waals surface area contributed by atoms with Crippen molar-refractivity contribution in [2.24, 2.45) is 17.8 Å². The summed E-state index contributed by atoms with van der Waals surface area (Å²) < 4.78 is 55.6. The third kappa shape index (κ3) is 4.92. The first-order valence-corrected chi connectivity index (χ1v) is 11.6. The van der Waals surface area contributed by atoms with Crippen LogP contribution in [0.3, 0.4) is 0 Å².